The Kier molecular flexibility index (Phi) is 6.80. The first-order chi connectivity index (χ1) is 9.04. The molecule has 1 atom stereocenters. The van der Waals surface area contributed by atoms with Crippen molar-refractivity contribution in [1.29, 1.82) is 0 Å². The number of nitrogens with one attached hydrogen (secondary N) is 2. The summed E-state index contributed by atoms with van der Waals surface area (Å²) >= 11 is 0. The van der Waals surface area contributed by atoms with Gasteiger partial charge in [-0.05, 0) is 20.5 Å². The van der Waals surface area contributed by atoms with Crippen LogP contribution >= 0.6 is 0 Å². The molecule has 1 aliphatic rings. The van der Waals surface area contributed by atoms with Crippen LogP contribution in [0, 0.1) is 0 Å². The summed E-state index contributed by atoms with van der Waals surface area (Å²) < 4.78 is 0. The smallest absolute Gasteiger partial charge is 0.240 e. The summed E-state index contributed by atoms with van der Waals surface area (Å²) in [6.45, 7) is 5.76. The van der Waals surface area contributed by atoms with Crippen molar-refractivity contribution in [2.75, 3.05) is 46.8 Å². The van der Waals surface area contributed by atoms with Crippen LogP contribution in [0.5, 0.6) is 0 Å². The Hall–Kier alpha value is -1.14. The predicted octanol–water partition coefficient (Wildman–Crippen LogP) is -0.735. The molecule has 0 aromatic carbocycles. The Morgan fingerprint density at radius 3 is 2.89 bits per heavy atom. The maximum Gasteiger partial charge on any atom is 0.240 e. The average molecular weight is 270 g/mol. The lowest BCUT2D eigenvalue weighted by molar-refractivity contribution is -0.138. The molecule has 0 aliphatic carbocycles. The van der Waals surface area contributed by atoms with Crippen LogP contribution < -0.4 is 10.6 Å². The van der Waals surface area contributed by atoms with E-state index in [1.165, 1.54) is 0 Å². The van der Waals surface area contributed by atoms with Gasteiger partial charge in [-0.15, -0.1) is 0 Å². The van der Waals surface area contributed by atoms with E-state index in [2.05, 4.69) is 17.6 Å². The SMILES string of the molecule is CCCN1CCNC(CC(=O)NCCN(C)C)C1=O. The maximum absolute atomic E-state index is 12.1. The highest BCUT2D eigenvalue weighted by atomic mass is 16.2. The number of hydrogen-bond acceptors (Lipinski definition) is 4. The van der Waals surface area contributed by atoms with E-state index in [0.29, 0.717) is 6.54 Å². The van der Waals surface area contributed by atoms with Gasteiger partial charge in [0.15, 0.2) is 0 Å². The van der Waals surface area contributed by atoms with Crippen molar-refractivity contribution in [3.63, 3.8) is 0 Å². The molecule has 1 fully saturated rings. The zero-order valence-electron chi connectivity index (χ0n) is 12.2. The van der Waals surface area contributed by atoms with Crippen LogP contribution in [0.4, 0.5) is 0 Å². The minimum Gasteiger partial charge on any atom is -0.355 e. The predicted molar refractivity (Wildman–Crippen MR) is 74.8 cm³/mol. The molecule has 1 rings (SSSR count). The Balaban J connectivity index is 2.34. The molecular formula is C13H26N4O2. The first-order valence-corrected chi connectivity index (χ1v) is 6.98. The van der Waals surface area contributed by atoms with Crippen LogP contribution in [-0.4, -0.2) is 74.5 Å². The van der Waals surface area contributed by atoms with E-state index in [-0.39, 0.29) is 24.3 Å². The monoisotopic (exact) mass is 270 g/mol. The molecule has 0 bridgehead atoms. The van der Waals surface area contributed by atoms with Gasteiger partial charge in [0.2, 0.25) is 11.8 Å². The van der Waals surface area contributed by atoms with Gasteiger partial charge in [-0.1, -0.05) is 6.92 Å². The molecular weight excluding hydrogens is 244 g/mol. The number of amides is 2. The summed E-state index contributed by atoms with van der Waals surface area (Å²) in [5.74, 6) is -0.0121. The first-order valence-electron chi connectivity index (χ1n) is 6.98. The Morgan fingerprint density at radius 1 is 1.53 bits per heavy atom. The largest absolute Gasteiger partial charge is 0.355 e. The highest BCUT2D eigenvalue weighted by Crippen LogP contribution is 2.05. The van der Waals surface area contributed by atoms with E-state index in [0.717, 1.165) is 32.6 Å². The van der Waals surface area contributed by atoms with E-state index >= 15 is 0 Å². The summed E-state index contributed by atoms with van der Waals surface area (Å²) in [6.07, 6.45) is 1.18. The number of carbonyl (C=O) groups is 2. The van der Waals surface area contributed by atoms with Crippen molar-refractivity contribution in [2.24, 2.45) is 0 Å². The Morgan fingerprint density at radius 2 is 2.26 bits per heavy atom. The fraction of sp³-hybridized carbons (Fsp3) is 0.846. The summed E-state index contributed by atoms with van der Waals surface area (Å²) in [6, 6.07) is -0.361. The number of hydrogen-bond donors (Lipinski definition) is 2. The molecule has 0 aromatic heterocycles. The van der Waals surface area contributed by atoms with E-state index in [1.54, 1.807) is 0 Å². The number of rotatable bonds is 7. The van der Waals surface area contributed by atoms with Crippen molar-refractivity contribution in [3.05, 3.63) is 0 Å². The molecule has 0 spiro atoms. The Labute approximate surface area is 115 Å². The van der Waals surface area contributed by atoms with Crippen molar-refractivity contribution in [3.8, 4) is 0 Å². The molecule has 6 nitrogen and oxygen atoms in total. The number of nitrogens with zero attached hydrogens (tertiary/aromatic N) is 2. The van der Waals surface area contributed by atoms with Gasteiger partial charge in [0.05, 0.1) is 12.5 Å². The normalized spacial score (nSPS) is 19.9. The Bertz CT molecular complexity index is 305. The fourth-order valence-corrected chi connectivity index (χ4v) is 2.12. The molecule has 2 N–H and O–H groups in total. The second-order valence-electron chi connectivity index (χ2n) is 5.19. The molecule has 2 amide bonds. The highest BCUT2D eigenvalue weighted by Gasteiger charge is 2.29. The molecule has 19 heavy (non-hydrogen) atoms. The van der Waals surface area contributed by atoms with Crippen LogP contribution in [0.25, 0.3) is 0 Å². The molecule has 0 radical (unpaired) electrons. The third kappa shape index (κ3) is 5.57. The van der Waals surface area contributed by atoms with E-state index < -0.39 is 0 Å². The van der Waals surface area contributed by atoms with Crippen LogP contribution in [0.15, 0.2) is 0 Å². The number of piperazine rings is 1. The van der Waals surface area contributed by atoms with Crippen LogP contribution in [0.3, 0.4) is 0 Å². The van der Waals surface area contributed by atoms with Crippen molar-refractivity contribution >= 4 is 11.8 Å². The van der Waals surface area contributed by atoms with E-state index in [9.17, 15) is 9.59 Å². The fourth-order valence-electron chi connectivity index (χ4n) is 2.12. The van der Waals surface area contributed by atoms with Gasteiger partial charge in [-0.2, -0.15) is 0 Å². The van der Waals surface area contributed by atoms with E-state index in [4.69, 9.17) is 0 Å². The molecule has 1 saturated heterocycles. The number of likely N-dealkylation sites (N-methyl/N-ethyl adjacent to an activating group) is 1. The topological polar surface area (TPSA) is 64.7 Å². The minimum absolute atomic E-state index is 0.0517. The second kappa shape index (κ2) is 8.12. The van der Waals surface area contributed by atoms with Gasteiger partial charge in [0.25, 0.3) is 0 Å². The summed E-state index contributed by atoms with van der Waals surface area (Å²) in [4.78, 5) is 27.7. The van der Waals surface area contributed by atoms with Crippen molar-refractivity contribution in [1.82, 2.24) is 20.4 Å². The zero-order chi connectivity index (χ0) is 14.3. The second-order valence-corrected chi connectivity index (χ2v) is 5.19. The van der Waals surface area contributed by atoms with Crippen LogP contribution in [-0.2, 0) is 9.59 Å². The lowest BCUT2D eigenvalue weighted by Crippen LogP contribution is -2.56. The molecule has 1 heterocycles. The summed E-state index contributed by atoms with van der Waals surface area (Å²) in [5.41, 5.74) is 0. The van der Waals surface area contributed by atoms with Gasteiger partial charge in [0, 0.05) is 32.7 Å². The van der Waals surface area contributed by atoms with Gasteiger partial charge in [0.1, 0.15) is 0 Å². The van der Waals surface area contributed by atoms with Crippen molar-refractivity contribution in [2.45, 2.75) is 25.8 Å². The highest BCUT2D eigenvalue weighted by molar-refractivity contribution is 5.88. The summed E-state index contributed by atoms with van der Waals surface area (Å²) in [7, 11) is 3.92. The third-order valence-corrected chi connectivity index (χ3v) is 3.15. The average Bonchev–Trinajstić information content (AvgIpc) is 2.34. The quantitative estimate of drug-likeness (QED) is 0.640. The zero-order valence-corrected chi connectivity index (χ0v) is 12.2. The van der Waals surface area contributed by atoms with Gasteiger partial charge in [-0.3, -0.25) is 9.59 Å². The third-order valence-electron chi connectivity index (χ3n) is 3.15. The molecule has 6 heteroatoms. The first kappa shape index (κ1) is 15.9. The van der Waals surface area contributed by atoms with Gasteiger partial charge < -0.3 is 20.4 Å². The van der Waals surface area contributed by atoms with Gasteiger partial charge in [-0.25, -0.2) is 0 Å². The lowest BCUT2D eigenvalue weighted by Gasteiger charge is -2.32. The van der Waals surface area contributed by atoms with Crippen molar-refractivity contribution < 1.29 is 9.59 Å². The molecule has 0 saturated carbocycles. The maximum atomic E-state index is 12.1. The standard InChI is InChI=1S/C13H26N4O2/c1-4-7-17-9-6-14-11(13(17)19)10-12(18)15-5-8-16(2)3/h11,14H,4-10H2,1-3H3,(H,15,18). The molecule has 1 aliphatic heterocycles. The number of carbonyl (C=O) groups excluding carboxylic acids is 2. The minimum atomic E-state index is -0.361. The molecule has 0 aromatic rings. The summed E-state index contributed by atoms with van der Waals surface area (Å²) in [5, 5.41) is 5.96. The van der Waals surface area contributed by atoms with Crippen LogP contribution in [0.1, 0.15) is 19.8 Å². The van der Waals surface area contributed by atoms with Crippen LogP contribution in [0.2, 0.25) is 0 Å². The lowest BCUT2D eigenvalue weighted by atomic mass is 10.1. The molecule has 1 unspecified atom stereocenters. The van der Waals surface area contributed by atoms with E-state index in [1.807, 2.05) is 23.9 Å². The molecule has 110 valence electrons. The van der Waals surface area contributed by atoms with Gasteiger partial charge >= 0.3 is 0 Å².